The van der Waals surface area contributed by atoms with Crippen LogP contribution in [0.5, 0.6) is 0 Å². The summed E-state index contributed by atoms with van der Waals surface area (Å²) in [5.74, 6) is -0.829. The Bertz CT molecular complexity index is 871. The predicted molar refractivity (Wildman–Crippen MR) is 105 cm³/mol. The van der Waals surface area contributed by atoms with Crippen molar-refractivity contribution >= 4 is 40.2 Å². The van der Waals surface area contributed by atoms with Gasteiger partial charge in [-0.3, -0.25) is 9.59 Å². The standard InChI is InChI=1S/C19H18N2O3S2/c1-2-13-5-7-14(8-6-13)20-17(22)11-24-18(23)10-15-12-26-19(21-15)16-4-3-9-25-16/h3-9,12H,2,10-11H2,1H3,(H,20,22). The Morgan fingerprint density at radius 2 is 1.96 bits per heavy atom. The number of hydrogen-bond acceptors (Lipinski definition) is 6. The number of ether oxygens (including phenoxy) is 1. The van der Waals surface area contributed by atoms with Gasteiger partial charge in [-0.15, -0.1) is 22.7 Å². The number of esters is 1. The first-order chi connectivity index (χ1) is 12.6. The van der Waals surface area contributed by atoms with E-state index >= 15 is 0 Å². The van der Waals surface area contributed by atoms with Crippen molar-refractivity contribution in [2.24, 2.45) is 0 Å². The number of aromatic nitrogens is 1. The van der Waals surface area contributed by atoms with Crippen LogP contribution < -0.4 is 5.32 Å². The first kappa shape index (κ1) is 18.3. The van der Waals surface area contributed by atoms with Crippen LogP contribution in [0.1, 0.15) is 18.2 Å². The fourth-order valence-corrected chi connectivity index (χ4v) is 3.90. The highest BCUT2D eigenvalue weighted by Crippen LogP contribution is 2.27. The van der Waals surface area contributed by atoms with Crippen molar-refractivity contribution in [3.63, 3.8) is 0 Å². The summed E-state index contributed by atoms with van der Waals surface area (Å²) in [5.41, 5.74) is 2.53. The van der Waals surface area contributed by atoms with E-state index in [0.29, 0.717) is 11.4 Å². The molecule has 0 bridgehead atoms. The third kappa shape index (κ3) is 5.00. The zero-order chi connectivity index (χ0) is 18.4. The maximum absolute atomic E-state index is 11.9. The van der Waals surface area contributed by atoms with Gasteiger partial charge in [0.2, 0.25) is 0 Å². The smallest absolute Gasteiger partial charge is 0.312 e. The molecule has 26 heavy (non-hydrogen) atoms. The Kier molecular flexibility index (Phi) is 6.14. The van der Waals surface area contributed by atoms with Gasteiger partial charge >= 0.3 is 5.97 Å². The molecule has 134 valence electrons. The van der Waals surface area contributed by atoms with E-state index in [1.165, 1.54) is 16.9 Å². The number of nitrogens with one attached hydrogen (secondary N) is 1. The quantitative estimate of drug-likeness (QED) is 0.619. The second kappa shape index (κ2) is 8.73. The Morgan fingerprint density at radius 3 is 2.65 bits per heavy atom. The largest absolute Gasteiger partial charge is 0.455 e. The minimum atomic E-state index is -0.468. The first-order valence-corrected chi connectivity index (χ1v) is 9.92. The Hall–Kier alpha value is -2.51. The van der Waals surface area contributed by atoms with Crippen LogP contribution in [0.2, 0.25) is 0 Å². The lowest BCUT2D eigenvalue weighted by Gasteiger charge is -2.07. The fourth-order valence-electron chi connectivity index (χ4n) is 2.27. The van der Waals surface area contributed by atoms with Crippen LogP contribution in [-0.4, -0.2) is 23.5 Å². The van der Waals surface area contributed by atoms with Crippen molar-refractivity contribution in [2.45, 2.75) is 19.8 Å². The molecule has 0 aliphatic heterocycles. The van der Waals surface area contributed by atoms with Gasteiger partial charge < -0.3 is 10.1 Å². The second-order valence-electron chi connectivity index (χ2n) is 5.56. The number of benzene rings is 1. The molecule has 0 aliphatic rings. The molecular weight excluding hydrogens is 368 g/mol. The summed E-state index contributed by atoms with van der Waals surface area (Å²) in [5, 5.41) is 7.42. The molecule has 0 saturated heterocycles. The summed E-state index contributed by atoms with van der Waals surface area (Å²) in [7, 11) is 0. The summed E-state index contributed by atoms with van der Waals surface area (Å²) >= 11 is 3.09. The predicted octanol–water partition coefficient (Wildman–Crippen LogP) is 4.16. The van der Waals surface area contributed by atoms with Gasteiger partial charge in [-0.1, -0.05) is 25.1 Å². The van der Waals surface area contributed by atoms with Gasteiger partial charge in [-0.25, -0.2) is 4.98 Å². The molecule has 3 rings (SSSR count). The number of hydrogen-bond donors (Lipinski definition) is 1. The molecule has 2 aromatic heterocycles. The van der Waals surface area contributed by atoms with Crippen molar-refractivity contribution < 1.29 is 14.3 Å². The number of thiophene rings is 1. The van der Waals surface area contributed by atoms with E-state index in [2.05, 4.69) is 17.2 Å². The van der Waals surface area contributed by atoms with Gasteiger partial charge in [0.15, 0.2) is 6.61 Å². The van der Waals surface area contributed by atoms with E-state index in [9.17, 15) is 9.59 Å². The van der Waals surface area contributed by atoms with Crippen molar-refractivity contribution in [1.29, 1.82) is 0 Å². The number of anilines is 1. The van der Waals surface area contributed by atoms with E-state index in [1.54, 1.807) is 11.3 Å². The molecule has 1 amide bonds. The van der Waals surface area contributed by atoms with Crippen LogP contribution in [-0.2, 0) is 27.2 Å². The third-order valence-corrected chi connectivity index (χ3v) is 5.55. The summed E-state index contributed by atoms with van der Waals surface area (Å²) in [4.78, 5) is 29.3. The highest BCUT2D eigenvalue weighted by atomic mass is 32.1. The summed E-state index contributed by atoms with van der Waals surface area (Å²) in [6, 6.07) is 11.5. The van der Waals surface area contributed by atoms with Crippen LogP contribution in [0.25, 0.3) is 9.88 Å². The minimum absolute atomic E-state index is 0.0559. The number of amides is 1. The number of rotatable bonds is 7. The molecule has 0 spiro atoms. The van der Waals surface area contributed by atoms with Gasteiger partial charge in [0, 0.05) is 11.1 Å². The number of aryl methyl sites for hydroxylation is 1. The average molecular weight is 386 g/mol. The maximum Gasteiger partial charge on any atom is 0.312 e. The summed E-state index contributed by atoms with van der Waals surface area (Å²) in [6.45, 7) is 1.76. The topological polar surface area (TPSA) is 68.3 Å². The fraction of sp³-hybridized carbons (Fsp3) is 0.211. The van der Waals surface area contributed by atoms with Crippen LogP contribution >= 0.6 is 22.7 Å². The van der Waals surface area contributed by atoms with Crippen LogP contribution in [0.3, 0.4) is 0 Å². The molecule has 1 aromatic carbocycles. The lowest BCUT2D eigenvalue weighted by molar-refractivity contribution is -0.146. The lowest BCUT2D eigenvalue weighted by Crippen LogP contribution is -2.21. The van der Waals surface area contributed by atoms with Gasteiger partial charge in [-0.05, 0) is 35.6 Å². The first-order valence-electron chi connectivity index (χ1n) is 8.16. The molecule has 1 N–H and O–H groups in total. The van der Waals surface area contributed by atoms with Gasteiger partial charge in [-0.2, -0.15) is 0 Å². The van der Waals surface area contributed by atoms with E-state index < -0.39 is 5.97 Å². The van der Waals surface area contributed by atoms with Gasteiger partial charge in [0.1, 0.15) is 5.01 Å². The molecule has 2 heterocycles. The number of nitrogens with zero attached hydrogens (tertiary/aromatic N) is 1. The Morgan fingerprint density at radius 1 is 1.15 bits per heavy atom. The van der Waals surface area contributed by atoms with E-state index in [-0.39, 0.29) is 18.9 Å². The number of carbonyl (C=O) groups excluding carboxylic acids is 2. The molecule has 0 radical (unpaired) electrons. The summed E-state index contributed by atoms with van der Waals surface area (Å²) in [6.07, 6.45) is 0.997. The minimum Gasteiger partial charge on any atom is -0.455 e. The van der Waals surface area contributed by atoms with Crippen LogP contribution in [0.15, 0.2) is 47.2 Å². The molecule has 0 fully saturated rings. The highest BCUT2D eigenvalue weighted by Gasteiger charge is 2.12. The van der Waals surface area contributed by atoms with E-state index in [1.807, 2.05) is 47.2 Å². The van der Waals surface area contributed by atoms with Crippen molar-refractivity contribution in [3.8, 4) is 9.88 Å². The zero-order valence-corrected chi connectivity index (χ0v) is 15.9. The van der Waals surface area contributed by atoms with Gasteiger partial charge in [0.05, 0.1) is 17.0 Å². The number of carbonyl (C=O) groups is 2. The van der Waals surface area contributed by atoms with Crippen molar-refractivity contribution in [1.82, 2.24) is 4.98 Å². The Labute approximate surface area is 159 Å². The maximum atomic E-state index is 11.9. The molecule has 7 heteroatoms. The van der Waals surface area contributed by atoms with Crippen molar-refractivity contribution in [3.05, 3.63) is 58.4 Å². The molecule has 0 saturated carbocycles. The van der Waals surface area contributed by atoms with E-state index in [0.717, 1.165) is 16.3 Å². The zero-order valence-electron chi connectivity index (χ0n) is 14.2. The van der Waals surface area contributed by atoms with Crippen LogP contribution in [0, 0.1) is 0 Å². The molecule has 3 aromatic rings. The molecular formula is C19H18N2O3S2. The Balaban J connectivity index is 1.45. The SMILES string of the molecule is CCc1ccc(NC(=O)COC(=O)Cc2csc(-c3cccs3)n2)cc1. The lowest BCUT2D eigenvalue weighted by atomic mass is 10.1. The molecule has 5 nitrogen and oxygen atoms in total. The third-order valence-electron chi connectivity index (χ3n) is 3.62. The summed E-state index contributed by atoms with van der Waals surface area (Å²) < 4.78 is 5.04. The van der Waals surface area contributed by atoms with Crippen molar-refractivity contribution in [2.75, 3.05) is 11.9 Å². The van der Waals surface area contributed by atoms with Gasteiger partial charge in [0.25, 0.3) is 5.91 Å². The number of thiazole rings is 1. The normalized spacial score (nSPS) is 10.5. The highest BCUT2D eigenvalue weighted by molar-refractivity contribution is 7.20. The molecule has 0 aliphatic carbocycles. The van der Waals surface area contributed by atoms with E-state index in [4.69, 9.17) is 4.74 Å². The van der Waals surface area contributed by atoms with Crippen LogP contribution in [0.4, 0.5) is 5.69 Å². The average Bonchev–Trinajstić information content (AvgIpc) is 3.32. The molecule has 0 unspecified atom stereocenters. The molecule has 0 atom stereocenters. The monoisotopic (exact) mass is 386 g/mol. The second-order valence-corrected chi connectivity index (χ2v) is 7.36.